The first-order chi connectivity index (χ1) is 13.2. The van der Waals surface area contributed by atoms with Gasteiger partial charge in [-0.25, -0.2) is 13.1 Å². The summed E-state index contributed by atoms with van der Waals surface area (Å²) in [5.74, 6) is -0.292. The number of nitrogens with one attached hydrogen (secondary N) is 2. The zero-order valence-electron chi connectivity index (χ0n) is 15.0. The first kappa shape index (κ1) is 22.8. The summed E-state index contributed by atoms with van der Waals surface area (Å²) in [7, 11) is -3.65. The van der Waals surface area contributed by atoms with E-state index >= 15 is 0 Å². The quantitative estimate of drug-likeness (QED) is 0.524. The summed E-state index contributed by atoms with van der Waals surface area (Å²) >= 11 is 18.0. The Morgan fingerprint density at radius 2 is 1.82 bits per heavy atom. The van der Waals surface area contributed by atoms with E-state index in [0.717, 1.165) is 12.8 Å². The van der Waals surface area contributed by atoms with Crippen LogP contribution in [0.3, 0.4) is 0 Å². The number of ether oxygens (including phenoxy) is 1. The van der Waals surface area contributed by atoms with E-state index in [1.54, 1.807) is 12.1 Å². The second-order valence-corrected chi connectivity index (χ2v) is 8.82. The number of rotatable bonds is 9. The van der Waals surface area contributed by atoms with E-state index in [9.17, 15) is 13.2 Å². The fourth-order valence-corrected chi connectivity index (χ4v) is 3.89. The summed E-state index contributed by atoms with van der Waals surface area (Å²) in [5.41, 5.74) is 0.355. The van der Waals surface area contributed by atoms with Crippen molar-refractivity contribution in [1.82, 2.24) is 4.72 Å². The van der Waals surface area contributed by atoms with Crippen LogP contribution in [0, 0.1) is 0 Å². The fourth-order valence-electron chi connectivity index (χ4n) is 2.16. The average Bonchev–Trinajstić information content (AvgIpc) is 2.63. The Kier molecular flexibility index (Phi) is 8.39. The Balaban J connectivity index is 1.99. The zero-order valence-corrected chi connectivity index (χ0v) is 18.1. The molecule has 6 nitrogen and oxygen atoms in total. The Morgan fingerprint density at radius 1 is 1.07 bits per heavy atom. The molecule has 2 rings (SSSR count). The molecule has 152 valence electrons. The van der Waals surface area contributed by atoms with Crippen molar-refractivity contribution in [3.63, 3.8) is 0 Å². The van der Waals surface area contributed by atoms with Gasteiger partial charge in [0.05, 0.1) is 20.6 Å². The molecule has 0 saturated heterocycles. The van der Waals surface area contributed by atoms with Gasteiger partial charge < -0.3 is 10.1 Å². The number of amides is 1. The summed E-state index contributed by atoms with van der Waals surface area (Å²) in [6.07, 6.45) is 1.61. The lowest BCUT2D eigenvalue weighted by atomic mass is 10.3. The number of anilines is 1. The Bertz CT molecular complexity index is 952. The number of benzene rings is 2. The standard InChI is InChI=1S/C18H19Cl3N2O4S/c1-2-3-8-22-28(25,26)13-5-7-17(15(21)10-13)27-11-18(24)23-16-9-12(19)4-6-14(16)20/h4-7,9-10,22H,2-3,8,11H2,1H3,(H,23,24). The lowest BCUT2D eigenvalue weighted by Crippen LogP contribution is -2.24. The van der Waals surface area contributed by atoms with E-state index in [-0.39, 0.29) is 22.3 Å². The topological polar surface area (TPSA) is 84.5 Å². The van der Waals surface area contributed by atoms with Crippen molar-refractivity contribution >= 4 is 56.4 Å². The molecule has 2 aromatic rings. The normalized spacial score (nSPS) is 11.3. The minimum Gasteiger partial charge on any atom is -0.482 e. The van der Waals surface area contributed by atoms with E-state index in [0.29, 0.717) is 22.3 Å². The third kappa shape index (κ3) is 6.53. The van der Waals surface area contributed by atoms with Crippen LogP contribution in [0.1, 0.15) is 19.8 Å². The molecule has 0 saturated carbocycles. The number of unbranched alkanes of at least 4 members (excludes halogenated alkanes) is 1. The van der Waals surface area contributed by atoms with Crippen LogP contribution >= 0.6 is 34.8 Å². The minimum atomic E-state index is -3.65. The summed E-state index contributed by atoms with van der Waals surface area (Å²) in [5, 5.41) is 3.41. The molecule has 0 bridgehead atoms. The van der Waals surface area contributed by atoms with Crippen molar-refractivity contribution in [1.29, 1.82) is 0 Å². The van der Waals surface area contributed by atoms with Crippen molar-refractivity contribution < 1.29 is 17.9 Å². The highest BCUT2D eigenvalue weighted by atomic mass is 35.5. The van der Waals surface area contributed by atoms with Gasteiger partial charge in [0.25, 0.3) is 5.91 Å². The van der Waals surface area contributed by atoms with Crippen molar-refractivity contribution in [3.05, 3.63) is 51.5 Å². The maximum Gasteiger partial charge on any atom is 0.262 e. The second kappa shape index (κ2) is 10.3. The summed E-state index contributed by atoms with van der Waals surface area (Å²) in [4.78, 5) is 12.1. The van der Waals surface area contributed by atoms with Crippen molar-refractivity contribution in [3.8, 4) is 5.75 Å². The number of carbonyl (C=O) groups excluding carboxylic acids is 1. The lowest BCUT2D eigenvalue weighted by Gasteiger charge is -2.11. The molecule has 10 heteroatoms. The van der Waals surface area contributed by atoms with Crippen molar-refractivity contribution in [2.45, 2.75) is 24.7 Å². The fraction of sp³-hybridized carbons (Fsp3) is 0.278. The van der Waals surface area contributed by atoms with Crippen LogP contribution in [0.2, 0.25) is 15.1 Å². The maximum absolute atomic E-state index is 12.2. The van der Waals surface area contributed by atoms with Gasteiger partial charge in [0, 0.05) is 11.6 Å². The second-order valence-electron chi connectivity index (χ2n) is 5.80. The van der Waals surface area contributed by atoms with Crippen molar-refractivity contribution in [2.24, 2.45) is 0 Å². The van der Waals surface area contributed by atoms with E-state index in [1.807, 2.05) is 6.92 Å². The van der Waals surface area contributed by atoms with Gasteiger partial charge in [-0.05, 0) is 42.8 Å². The predicted molar refractivity (Wildman–Crippen MR) is 112 cm³/mol. The molecule has 2 N–H and O–H groups in total. The maximum atomic E-state index is 12.2. The highest BCUT2D eigenvalue weighted by Crippen LogP contribution is 2.28. The van der Waals surface area contributed by atoms with Crippen LogP contribution in [0.15, 0.2) is 41.3 Å². The largest absolute Gasteiger partial charge is 0.482 e. The predicted octanol–water partition coefficient (Wildman–Crippen LogP) is 4.74. The molecular formula is C18H19Cl3N2O4S. The van der Waals surface area contributed by atoms with Crippen LogP contribution in [0.4, 0.5) is 5.69 Å². The molecule has 0 spiro atoms. The first-order valence-electron chi connectivity index (χ1n) is 8.40. The molecule has 0 radical (unpaired) electrons. The van der Waals surface area contributed by atoms with E-state index in [4.69, 9.17) is 39.5 Å². The molecule has 1 amide bonds. The number of hydrogen-bond donors (Lipinski definition) is 2. The van der Waals surface area contributed by atoms with Gasteiger partial charge in [0.2, 0.25) is 10.0 Å². The van der Waals surface area contributed by atoms with Gasteiger partial charge in [0.15, 0.2) is 6.61 Å². The summed E-state index contributed by atoms with van der Waals surface area (Å²) in [6.45, 7) is 1.97. The highest BCUT2D eigenvalue weighted by molar-refractivity contribution is 7.89. The molecule has 0 aromatic heterocycles. The van der Waals surface area contributed by atoms with Gasteiger partial charge in [-0.3, -0.25) is 4.79 Å². The molecule has 0 aliphatic rings. The highest BCUT2D eigenvalue weighted by Gasteiger charge is 2.16. The molecular weight excluding hydrogens is 447 g/mol. The third-order valence-corrected chi connectivity index (χ3v) is 5.92. The molecule has 0 heterocycles. The molecule has 0 aliphatic heterocycles. The molecule has 0 atom stereocenters. The van der Waals surface area contributed by atoms with Crippen molar-refractivity contribution in [2.75, 3.05) is 18.5 Å². The summed E-state index contributed by atoms with van der Waals surface area (Å²) in [6, 6.07) is 8.71. The minimum absolute atomic E-state index is 0.0242. The third-order valence-electron chi connectivity index (χ3n) is 3.60. The number of hydrogen-bond acceptors (Lipinski definition) is 4. The lowest BCUT2D eigenvalue weighted by molar-refractivity contribution is -0.118. The van der Waals surface area contributed by atoms with Gasteiger partial charge in [0.1, 0.15) is 5.75 Å². The number of carbonyl (C=O) groups is 1. The van der Waals surface area contributed by atoms with Gasteiger partial charge in [-0.15, -0.1) is 0 Å². The smallest absolute Gasteiger partial charge is 0.262 e. The van der Waals surface area contributed by atoms with Crippen LogP contribution in [-0.2, 0) is 14.8 Å². The monoisotopic (exact) mass is 464 g/mol. The Morgan fingerprint density at radius 3 is 2.50 bits per heavy atom. The van der Waals surface area contributed by atoms with Crippen LogP contribution in [-0.4, -0.2) is 27.5 Å². The average molecular weight is 466 g/mol. The Labute approximate surface area is 179 Å². The van der Waals surface area contributed by atoms with Gasteiger partial charge >= 0.3 is 0 Å². The van der Waals surface area contributed by atoms with E-state index < -0.39 is 15.9 Å². The Hall–Kier alpha value is -1.51. The number of halogens is 3. The van der Waals surface area contributed by atoms with E-state index in [2.05, 4.69) is 10.0 Å². The molecule has 2 aromatic carbocycles. The van der Waals surface area contributed by atoms with Gasteiger partial charge in [-0.1, -0.05) is 48.1 Å². The molecule has 28 heavy (non-hydrogen) atoms. The molecule has 0 aliphatic carbocycles. The first-order valence-corrected chi connectivity index (χ1v) is 11.0. The molecule has 0 unspecified atom stereocenters. The SMILES string of the molecule is CCCCNS(=O)(=O)c1ccc(OCC(=O)Nc2cc(Cl)ccc2Cl)c(Cl)c1. The zero-order chi connectivity index (χ0) is 20.7. The van der Waals surface area contributed by atoms with Crippen LogP contribution < -0.4 is 14.8 Å². The van der Waals surface area contributed by atoms with Crippen LogP contribution in [0.25, 0.3) is 0 Å². The van der Waals surface area contributed by atoms with Crippen LogP contribution in [0.5, 0.6) is 5.75 Å². The van der Waals surface area contributed by atoms with E-state index in [1.165, 1.54) is 24.3 Å². The summed E-state index contributed by atoms with van der Waals surface area (Å²) < 4.78 is 32.3. The molecule has 0 fully saturated rings. The van der Waals surface area contributed by atoms with Gasteiger partial charge in [-0.2, -0.15) is 0 Å². The number of sulfonamides is 1.